The highest BCUT2D eigenvalue weighted by molar-refractivity contribution is 5.77. The summed E-state index contributed by atoms with van der Waals surface area (Å²) in [7, 11) is 0. The third-order valence-electron chi connectivity index (χ3n) is 16.7. The lowest BCUT2D eigenvalue weighted by Crippen LogP contribution is -2.65. The van der Waals surface area contributed by atoms with Crippen molar-refractivity contribution in [3.05, 3.63) is 65.1 Å². The van der Waals surface area contributed by atoms with Crippen LogP contribution in [0.4, 0.5) is 10.6 Å². The van der Waals surface area contributed by atoms with Gasteiger partial charge in [-0.2, -0.15) is 0 Å². The number of aromatic nitrogens is 2. The molecular weight excluding hydrogens is 649 g/mol. The van der Waals surface area contributed by atoms with E-state index in [0.717, 1.165) is 56.3 Å². The number of nitrogens with zero attached hydrogens (tertiary/aromatic N) is 4. The Labute approximate surface area is 310 Å². The van der Waals surface area contributed by atoms with Crippen molar-refractivity contribution >= 4 is 17.9 Å². The van der Waals surface area contributed by atoms with Gasteiger partial charge in [-0.3, -0.25) is 4.79 Å². The van der Waals surface area contributed by atoms with E-state index < -0.39 is 11.4 Å². The Morgan fingerprint density at radius 3 is 2.35 bits per heavy atom. The molecule has 3 saturated carbocycles. The number of carbonyl (C=O) groups excluding carboxylic acids is 1. The van der Waals surface area contributed by atoms with Crippen molar-refractivity contribution in [2.75, 3.05) is 31.1 Å². The van der Waals surface area contributed by atoms with E-state index in [0.29, 0.717) is 49.9 Å². The number of rotatable bonds is 4. The molecule has 1 aliphatic heterocycles. The predicted octanol–water partition coefficient (Wildman–Crippen LogP) is 8.69. The van der Waals surface area contributed by atoms with Gasteiger partial charge >= 0.3 is 12.1 Å². The highest BCUT2D eigenvalue weighted by Gasteiger charge is 2.69. The summed E-state index contributed by atoms with van der Waals surface area (Å²) >= 11 is 0. The molecular formula is C44H60N4O4. The van der Waals surface area contributed by atoms with Crippen molar-refractivity contribution in [2.45, 2.75) is 112 Å². The van der Waals surface area contributed by atoms with E-state index in [4.69, 9.17) is 14.7 Å². The van der Waals surface area contributed by atoms with Crippen LogP contribution in [0.1, 0.15) is 110 Å². The number of hydrogen-bond donors (Lipinski definition) is 1. The van der Waals surface area contributed by atoms with Crippen LogP contribution in [0.2, 0.25) is 0 Å². The van der Waals surface area contributed by atoms with Crippen LogP contribution in [0.3, 0.4) is 0 Å². The third kappa shape index (κ3) is 4.97. The molecule has 1 aromatic carbocycles. The molecule has 0 bridgehead atoms. The van der Waals surface area contributed by atoms with Crippen molar-refractivity contribution in [2.24, 2.45) is 51.2 Å². The van der Waals surface area contributed by atoms with Gasteiger partial charge in [0, 0.05) is 37.2 Å². The Morgan fingerprint density at radius 2 is 1.63 bits per heavy atom. The summed E-state index contributed by atoms with van der Waals surface area (Å²) in [5.74, 6) is 2.45. The van der Waals surface area contributed by atoms with E-state index in [1.165, 1.54) is 23.3 Å². The molecule has 1 N–H and O–H groups in total. The lowest BCUT2D eigenvalue weighted by Gasteiger charge is -2.70. The summed E-state index contributed by atoms with van der Waals surface area (Å²) in [6.45, 7) is 20.1. The van der Waals surface area contributed by atoms with Gasteiger partial charge in [0.05, 0.1) is 11.1 Å². The number of carbonyl (C=O) groups is 2. The second-order valence-electron chi connectivity index (χ2n) is 19.0. The zero-order valence-corrected chi connectivity index (χ0v) is 32.6. The number of ether oxygens (including phenoxy) is 1. The highest BCUT2D eigenvalue weighted by Crippen LogP contribution is 2.75. The van der Waals surface area contributed by atoms with Crippen LogP contribution >= 0.6 is 0 Å². The highest BCUT2D eigenvalue weighted by atomic mass is 16.6. The average molecular weight is 709 g/mol. The van der Waals surface area contributed by atoms with Crippen LogP contribution in [0.15, 0.2) is 48.3 Å². The summed E-state index contributed by atoms with van der Waals surface area (Å²) in [5.41, 5.74) is 4.30. The van der Waals surface area contributed by atoms with E-state index in [1.54, 1.807) is 6.33 Å². The van der Waals surface area contributed by atoms with Crippen molar-refractivity contribution < 1.29 is 19.4 Å². The molecule has 52 heavy (non-hydrogen) atoms. The molecule has 2 heterocycles. The number of piperazine rings is 1. The maximum atomic E-state index is 13.2. The summed E-state index contributed by atoms with van der Waals surface area (Å²) in [5, 5.41) is 10.8. The monoisotopic (exact) mass is 708 g/mol. The number of allylic oxidation sites excluding steroid dienone is 2. The van der Waals surface area contributed by atoms with Gasteiger partial charge in [-0.25, -0.2) is 14.8 Å². The Kier molecular flexibility index (Phi) is 8.43. The summed E-state index contributed by atoms with van der Waals surface area (Å²) in [4.78, 5) is 40.4. The molecule has 0 spiro atoms. The van der Waals surface area contributed by atoms with Crippen LogP contribution in [-0.4, -0.2) is 58.2 Å². The Bertz CT molecular complexity index is 1770. The van der Waals surface area contributed by atoms with E-state index >= 15 is 0 Å². The lowest BCUT2D eigenvalue weighted by molar-refractivity contribution is -0.179. The topological polar surface area (TPSA) is 95.9 Å². The minimum Gasteiger partial charge on any atom is -0.481 e. The molecule has 1 amide bonds. The Balaban J connectivity index is 1.09. The zero-order chi connectivity index (χ0) is 36.8. The fourth-order valence-corrected chi connectivity index (χ4v) is 13.5. The molecule has 6 aliphatic rings. The first kappa shape index (κ1) is 35.6. The van der Waals surface area contributed by atoms with Gasteiger partial charge in [0.1, 0.15) is 18.8 Å². The molecule has 9 atom stereocenters. The SMILES string of the molecule is CC1CCC2(C(=O)O)CCC3(C)C(=CCC4C5(C)Cc6c(N7CCN(C(=O)OCc8ccccc8)CC7)ncnc6C(C)(C)C5CCC43C)C2C1C. The molecule has 1 saturated heterocycles. The number of hydrogen-bond acceptors (Lipinski definition) is 6. The van der Waals surface area contributed by atoms with Gasteiger partial charge in [0.15, 0.2) is 0 Å². The first-order valence-corrected chi connectivity index (χ1v) is 20.2. The molecule has 8 rings (SSSR count). The second-order valence-corrected chi connectivity index (χ2v) is 19.0. The van der Waals surface area contributed by atoms with Gasteiger partial charge in [-0.1, -0.05) is 90.4 Å². The number of anilines is 1. The van der Waals surface area contributed by atoms with Gasteiger partial charge in [0.25, 0.3) is 0 Å². The minimum absolute atomic E-state index is 0.0231. The number of fused-ring (bicyclic) bond motifs is 8. The zero-order valence-electron chi connectivity index (χ0n) is 32.6. The molecule has 8 heteroatoms. The molecule has 9 unspecified atom stereocenters. The van der Waals surface area contributed by atoms with Crippen LogP contribution in [0.25, 0.3) is 0 Å². The maximum absolute atomic E-state index is 13.2. The van der Waals surface area contributed by atoms with Gasteiger partial charge in [-0.05, 0) is 103 Å². The lowest BCUT2D eigenvalue weighted by atomic mass is 9.33. The van der Waals surface area contributed by atoms with E-state index in [2.05, 4.69) is 59.4 Å². The van der Waals surface area contributed by atoms with Gasteiger partial charge in [0.2, 0.25) is 0 Å². The summed E-state index contributed by atoms with van der Waals surface area (Å²) in [6.07, 6.45) is 11.9. The van der Waals surface area contributed by atoms with Crippen molar-refractivity contribution in [3.8, 4) is 0 Å². The summed E-state index contributed by atoms with van der Waals surface area (Å²) in [6, 6.07) is 9.84. The Hall–Kier alpha value is -3.42. The molecule has 1 aromatic heterocycles. The Morgan fingerprint density at radius 1 is 0.904 bits per heavy atom. The predicted molar refractivity (Wildman–Crippen MR) is 203 cm³/mol. The van der Waals surface area contributed by atoms with Gasteiger partial charge in [-0.15, -0.1) is 0 Å². The van der Waals surface area contributed by atoms with Crippen LogP contribution in [-0.2, 0) is 28.0 Å². The molecule has 280 valence electrons. The molecule has 8 nitrogen and oxygen atoms in total. The van der Waals surface area contributed by atoms with Crippen LogP contribution < -0.4 is 4.90 Å². The first-order chi connectivity index (χ1) is 24.7. The molecule has 0 radical (unpaired) electrons. The first-order valence-electron chi connectivity index (χ1n) is 20.2. The largest absolute Gasteiger partial charge is 0.481 e. The van der Waals surface area contributed by atoms with Crippen LogP contribution in [0.5, 0.6) is 0 Å². The van der Waals surface area contributed by atoms with Crippen molar-refractivity contribution in [1.82, 2.24) is 14.9 Å². The quantitative estimate of drug-likeness (QED) is 0.318. The molecule has 5 aliphatic carbocycles. The summed E-state index contributed by atoms with van der Waals surface area (Å²) < 4.78 is 5.67. The number of aliphatic carboxylic acids is 1. The second kappa shape index (κ2) is 12.3. The van der Waals surface area contributed by atoms with E-state index in [9.17, 15) is 14.7 Å². The van der Waals surface area contributed by atoms with E-state index in [1.807, 2.05) is 35.2 Å². The van der Waals surface area contributed by atoms with Gasteiger partial charge < -0.3 is 19.6 Å². The maximum Gasteiger partial charge on any atom is 0.410 e. The smallest absolute Gasteiger partial charge is 0.410 e. The number of amides is 1. The van der Waals surface area contributed by atoms with Crippen molar-refractivity contribution in [3.63, 3.8) is 0 Å². The number of benzene rings is 1. The standard InChI is InChI=1S/C44H60N4O4/c1-28-15-18-44(38(49)50)20-19-42(6)32(35(44)29(28)2)13-14-34-41(5)25-31-36(40(3,4)33(41)16-17-43(34,42)7)45-27-46-37(31)47-21-23-48(24-22-47)39(51)52-26-30-11-9-8-10-12-30/h8-13,27-29,33-35H,14-26H2,1-7H3,(H,49,50). The number of carboxylic acids is 1. The fourth-order valence-electron chi connectivity index (χ4n) is 13.5. The average Bonchev–Trinajstić information content (AvgIpc) is 3.12. The fraction of sp³-hybridized carbons (Fsp3) is 0.682. The third-order valence-corrected chi connectivity index (χ3v) is 16.7. The van der Waals surface area contributed by atoms with E-state index in [-0.39, 0.29) is 40.3 Å². The minimum atomic E-state index is -0.623. The normalized spacial score (nSPS) is 39.1. The molecule has 2 aromatic rings. The molecule has 4 fully saturated rings. The van der Waals surface area contributed by atoms with Crippen LogP contribution in [0, 0.1) is 51.2 Å². The van der Waals surface area contributed by atoms with Crippen molar-refractivity contribution in [1.29, 1.82) is 0 Å². The number of carboxylic acid groups (broad SMARTS) is 1.